The average molecular weight is 263 g/mol. The number of hydrogen-bond acceptors (Lipinski definition) is 2. The highest BCUT2D eigenvalue weighted by atomic mass is 16.4. The zero-order valence-electron chi connectivity index (χ0n) is 12.4. The van der Waals surface area contributed by atoms with Crippen LogP contribution >= 0.6 is 0 Å². The topological polar surface area (TPSA) is 40.5 Å². The van der Waals surface area contributed by atoms with Crippen LogP contribution in [0, 0.1) is 0 Å². The van der Waals surface area contributed by atoms with Crippen molar-refractivity contribution in [2.24, 2.45) is 0 Å². The molecule has 0 radical (unpaired) electrons. The molecule has 106 valence electrons. The largest absolute Gasteiger partial charge is 0.480 e. The molecule has 0 fully saturated rings. The zero-order valence-corrected chi connectivity index (χ0v) is 12.4. The Kier molecular flexibility index (Phi) is 5.55. The van der Waals surface area contributed by atoms with Crippen LogP contribution in [0.15, 0.2) is 30.3 Å². The molecule has 0 saturated heterocycles. The van der Waals surface area contributed by atoms with Crippen molar-refractivity contribution in [2.75, 3.05) is 6.54 Å². The lowest BCUT2D eigenvalue weighted by molar-refractivity contribution is -0.140. The summed E-state index contributed by atoms with van der Waals surface area (Å²) in [5, 5.41) is 9.17. The van der Waals surface area contributed by atoms with Gasteiger partial charge in [0.2, 0.25) is 0 Å². The Morgan fingerprint density at radius 1 is 1.26 bits per heavy atom. The normalized spacial score (nSPS) is 13.5. The van der Waals surface area contributed by atoms with Crippen molar-refractivity contribution >= 4 is 5.97 Å². The van der Waals surface area contributed by atoms with E-state index < -0.39 is 5.97 Å². The maximum Gasteiger partial charge on any atom is 0.317 e. The monoisotopic (exact) mass is 263 g/mol. The van der Waals surface area contributed by atoms with Crippen molar-refractivity contribution < 1.29 is 9.90 Å². The first kappa shape index (κ1) is 15.7. The Morgan fingerprint density at radius 3 is 2.26 bits per heavy atom. The van der Waals surface area contributed by atoms with Crippen LogP contribution in [0.3, 0.4) is 0 Å². The lowest BCUT2D eigenvalue weighted by Crippen LogP contribution is -2.46. The average Bonchev–Trinajstić information content (AvgIpc) is 2.33. The summed E-state index contributed by atoms with van der Waals surface area (Å²) in [5.41, 5.74) is 1.02. The van der Waals surface area contributed by atoms with Crippen molar-refractivity contribution in [3.05, 3.63) is 35.9 Å². The fourth-order valence-corrected chi connectivity index (χ4v) is 2.41. The minimum absolute atomic E-state index is 0.0725. The number of aliphatic carboxylic acids is 1. The summed E-state index contributed by atoms with van der Waals surface area (Å²) >= 11 is 0. The van der Waals surface area contributed by atoms with Gasteiger partial charge in [-0.2, -0.15) is 0 Å². The van der Waals surface area contributed by atoms with Gasteiger partial charge in [-0.25, -0.2) is 0 Å². The number of carboxylic acids is 1. The van der Waals surface area contributed by atoms with Crippen LogP contribution in [0.5, 0.6) is 0 Å². The molecule has 0 saturated carbocycles. The third-order valence-electron chi connectivity index (χ3n) is 3.29. The van der Waals surface area contributed by atoms with Gasteiger partial charge in [-0.3, -0.25) is 9.69 Å². The molecule has 19 heavy (non-hydrogen) atoms. The molecule has 3 nitrogen and oxygen atoms in total. The number of carbonyl (C=O) groups is 1. The molecule has 1 aromatic carbocycles. The van der Waals surface area contributed by atoms with E-state index in [2.05, 4.69) is 44.7 Å². The van der Waals surface area contributed by atoms with E-state index in [1.807, 2.05) is 18.2 Å². The Balaban J connectivity index is 3.08. The van der Waals surface area contributed by atoms with E-state index >= 15 is 0 Å². The van der Waals surface area contributed by atoms with Crippen molar-refractivity contribution in [1.29, 1.82) is 0 Å². The summed E-state index contributed by atoms with van der Waals surface area (Å²) < 4.78 is 0. The quantitative estimate of drug-likeness (QED) is 0.850. The SMILES string of the molecule is CCCC(c1ccccc1)N(CC(=O)O)C(C)(C)C. The molecule has 0 aliphatic heterocycles. The predicted molar refractivity (Wildman–Crippen MR) is 78.2 cm³/mol. The second kappa shape index (κ2) is 6.71. The minimum atomic E-state index is -0.771. The highest BCUT2D eigenvalue weighted by Crippen LogP contribution is 2.31. The molecule has 3 heteroatoms. The fraction of sp³-hybridized carbons (Fsp3) is 0.562. The van der Waals surface area contributed by atoms with Crippen LogP contribution in [-0.2, 0) is 4.79 Å². The molecule has 0 aromatic heterocycles. The van der Waals surface area contributed by atoms with Crippen molar-refractivity contribution in [2.45, 2.75) is 52.1 Å². The third-order valence-corrected chi connectivity index (χ3v) is 3.29. The van der Waals surface area contributed by atoms with Crippen LogP contribution in [0.4, 0.5) is 0 Å². The fourth-order valence-electron chi connectivity index (χ4n) is 2.41. The van der Waals surface area contributed by atoms with Gasteiger partial charge in [0.05, 0.1) is 6.54 Å². The summed E-state index contributed by atoms with van der Waals surface area (Å²) in [7, 11) is 0. The molecular formula is C16H25NO2. The minimum Gasteiger partial charge on any atom is -0.480 e. The first-order valence-corrected chi connectivity index (χ1v) is 6.89. The van der Waals surface area contributed by atoms with Crippen molar-refractivity contribution in [3.63, 3.8) is 0 Å². The molecule has 0 spiro atoms. The first-order valence-electron chi connectivity index (χ1n) is 6.89. The van der Waals surface area contributed by atoms with Gasteiger partial charge in [-0.05, 0) is 32.8 Å². The van der Waals surface area contributed by atoms with E-state index in [0.29, 0.717) is 0 Å². The maximum absolute atomic E-state index is 11.2. The molecule has 0 amide bonds. The van der Waals surface area contributed by atoms with Crippen LogP contribution in [0.2, 0.25) is 0 Å². The van der Waals surface area contributed by atoms with E-state index in [9.17, 15) is 4.79 Å². The Bertz CT molecular complexity index is 395. The molecule has 1 aromatic rings. The van der Waals surface area contributed by atoms with E-state index in [-0.39, 0.29) is 18.1 Å². The molecule has 0 aliphatic rings. The molecule has 0 heterocycles. The number of nitrogens with zero attached hydrogens (tertiary/aromatic N) is 1. The molecule has 0 aliphatic carbocycles. The first-order chi connectivity index (χ1) is 8.86. The summed E-state index contributed by atoms with van der Waals surface area (Å²) in [6, 6.07) is 10.3. The van der Waals surface area contributed by atoms with E-state index in [0.717, 1.165) is 12.8 Å². The van der Waals surface area contributed by atoms with Gasteiger partial charge in [-0.15, -0.1) is 0 Å². The number of hydrogen-bond donors (Lipinski definition) is 1. The second-order valence-corrected chi connectivity index (χ2v) is 5.91. The summed E-state index contributed by atoms with van der Waals surface area (Å²) in [4.78, 5) is 13.2. The zero-order chi connectivity index (χ0) is 14.5. The van der Waals surface area contributed by atoms with Gasteiger partial charge >= 0.3 is 5.97 Å². The van der Waals surface area contributed by atoms with Crippen LogP contribution in [0.25, 0.3) is 0 Å². The van der Waals surface area contributed by atoms with Gasteiger partial charge in [0.15, 0.2) is 0 Å². The number of benzene rings is 1. The lowest BCUT2D eigenvalue weighted by atomic mass is 9.94. The van der Waals surface area contributed by atoms with Crippen LogP contribution in [-0.4, -0.2) is 28.1 Å². The second-order valence-electron chi connectivity index (χ2n) is 5.91. The summed E-state index contributed by atoms with van der Waals surface area (Å²) in [6.45, 7) is 8.42. The van der Waals surface area contributed by atoms with Crippen molar-refractivity contribution in [3.8, 4) is 0 Å². The van der Waals surface area contributed by atoms with E-state index in [1.54, 1.807) is 0 Å². The predicted octanol–water partition coefficient (Wildman–Crippen LogP) is 3.71. The van der Waals surface area contributed by atoms with E-state index in [4.69, 9.17) is 5.11 Å². The van der Waals surface area contributed by atoms with Crippen LogP contribution in [0.1, 0.15) is 52.1 Å². The van der Waals surface area contributed by atoms with Gasteiger partial charge in [0.25, 0.3) is 0 Å². The van der Waals surface area contributed by atoms with Gasteiger partial charge in [0, 0.05) is 11.6 Å². The maximum atomic E-state index is 11.2. The number of carboxylic acid groups (broad SMARTS) is 1. The molecule has 1 rings (SSSR count). The highest BCUT2D eigenvalue weighted by Gasteiger charge is 2.30. The Hall–Kier alpha value is -1.35. The molecule has 1 N–H and O–H groups in total. The van der Waals surface area contributed by atoms with E-state index in [1.165, 1.54) is 5.56 Å². The molecule has 1 atom stereocenters. The smallest absolute Gasteiger partial charge is 0.317 e. The Labute approximate surface area is 116 Å². The standard InChI is InChI=1S/C16H25NO2/c1-5-9-14(13-10-7-6-8-11-13)17(12-15(18)19)16(2,3)4/h6-8,10-11,14H,5,9,12H2,1-4H3,(H,18,19). The molecule has 1 unspecified atom stereocenters. The van der Waals surface area contributed by atoms with Gasteiger partial charge < -0.3 is 5.11 Å². The molecule has 0 bridgehead atoms. The third kappa shape index (κ3) is 4.67. The van der Waals surface area contributed by atoms with Gasteiger partial charge in [0.1, 0.15) is 0 Å². The number of rotatable bonds is 6. The summed E-state index contributed by atoms with van der Waals surface area (Å²) in [6.07, 6.45) is 2.00. The Morgan fingerprint density at radius 2 is 1.84 bits per heavy atom. The van der Waals surface area contributed by atoms with Crippen LogP contribution < -0.4 is 0 Å². The summed E-state index contributed by atoms with van der Waals surface area (Å²) in [5.74, 6) is -0.771. The highest BCUT2D eigenvalue weighted by molar-refractivity contribution is 5.69. The van der Waals surface area contributed by atoms with Crippen molar-refractivity contribution in [1.82, 2.24) is 4.90 Å². The lowest BCUT2D eigenvalue weighted by Gasteiger charge is -2.41. The van der Waals surface area contributed by atoms with Gasteiger partial charge in [-0.1, -0.05) is 43.7 Å². The molecular weight excluding hydrogens is 238 g/mol.